The molecule has 0 unspecified atom stereocenters. The predicted octanol–water partition coefficient (Wildman–Crippen LogP) is 2.70. The van der Waals surface area contributed by atoms with Crippen molar-refractivity contribution in [1.29, 1.82) is 0 Å². The van der Waals surface area contributed by atoms with E-state index in [0.29, 0.717) is 35.0 Å². The fourth-order valence-corrected chi connectivity index (χ4v) is 3.12. The summed E-state index contributed by atoms with van der Waals surface area (Å²) in [5, 5.41) is 6.50. The number of methoxy groups -OCH3 is 1. The number of benzene rings is 1. The van der Waals surface area contributed by atoms with Gasteiger partial charge in [0, 0.05) is 24.9 Å². The van der Waals surface area contributed by atoms with E-state index in [0.717, 1.165) is 10.6 Å². The zero-order valence-corrected chi connectivity index (χ0v) is 15.0. The molecule has 0 fully saturated rings. The van der Waals surface area contributed by atoms with Gasteiger partial charge in [0.1, 0.15) is 4.88 Å². The van der Waals surface area contributed by atoms with Crippen LogP contribution in [0, 0.1) is 20.8 Å². The molecule has 6 nitrogen and oxygen atoms in total. The number of carbonyl (C=O) groups is 2. The number of anilines is 1. The number of rotatable bonds is 6. The van der Waals surface area contributed by atoms with Gasteiger partial charge < -0.3 is 15.4 Å². The van der Waals surface area contributed by atoms with Gasteiger partial charge in [-0.15, -0.1) is 11.3 Å². The Morgan fingerprint density at radius 2 is 1.96 bits per heavy atom. The summed E-state index contributed by atoms with van der Waals surface area (Å²) in [4.78, 5) is 29.5. The fourth-order valence-electron chi connectivity index (χ4n) is 2.30. The third kappa shape index (κ3) is 4.18. The first-order valence-corrected chi connectivity index (χ1v) is 8.37. The maximum Gasteiger partial charge on any atom is 0.267 e. The largest absolute Gasteiger partial charge is 0.383 e. The first kappa shape index (κ1) is 18.1. The minimum absolute atomic E-state index is 0.189. The molecule has 2 rings (SSSR count). The highest BCUT2D eigenvalue weighted by Gasteiger charge is 2.17. The molecule has 0 aliphatic carbocycles. The fraction of sp³-hybridized carbons (Fsp3) is 0.353. The highest BCUT2D eigenvalue weighted by atomic mass is 32.1. The number of nitrogens with one attached hydrogen (secondary N) is 2. The van der Waals surface area contributed by atoms with Crippen LogP contribution in [0.5, 0.6) is 0 Å². The number of carbonyl (C=O) groups excluding carboxylic acids is 2. The number of aromatic nitrogens is 1. The SMILES string of the molecule is COCCNC(=O)c1cccc(NC(=O)c2sc(C)nc2C)c1C. The number of nitrogens with zero attached hydrogens (tertiary/aromatic N) is 1. The van der Waals surface area contributed by atoms with Gasteiger partial charge >= 0.3 is 0 Å². The molecular formula is C17H21N3O3S. The number of thiazole rings is 1. The summed E-state index contributed by atoms with van der Waals surface area (Å²) < 4.78 is 4.92. The van der Waals surface area contributed by atoms with Crippen molar-refractivity contribution >= 4 is 28.8 Å². The summed E-state index contributed by atoms with van der Waals surface area (Å²) in [5.41, 5.74) is 2.58. The average Bonchev–Trinajstić information content (AvgIpc) is 2.88. The van der Waals surface area contributed by atoms with Crippen LogP contribution in [-0.2, 0) is 4.74 Å². The van der Waals surface area contributed by atoms with Crippen LogP contribution in [-0.4, -0.2) is 37.1 Å². The van der Waals surface area contributed by atoms with E-state index in [9.17, 15) is 9.59 Å². The molecule has 128 valence electrons. The van der Waals surface area contributed by atoms with Crippen molar-refractivity contribution in [3.63, 3.8) is 0 Å². The van der Waals surface area contributed by atoms with Gasteiger partial charge in [0.2, 0.25) is 0 Å². The van der Waals surface area contributed by atoms with Crippen LogP contribution < -0.4 is 10.6 Å². The van der Waals surface area contributed by atoms with Gasteiger partial charge in [0.15, 0.2) is 0 Å². The van der Waals surface area contributed by atoms with Crippen molar-refractivity contribution in [2.75, 3.05) is 25.6 Å². The Hall–Kier alpha value is -2.25. The molecule has 1 heterocycles. The van der Waals surface area contributed by atoms with E-state index in [1.165, 1.54) is 11.3 Å². The van der Waals surface area contributed by atoms with Gasteiger partial charge in [-0.1, -0.05) is 6.07 Å². The summed E-state index contributed by atoms with van der Waals surface area (Å²) >= 11 is 1.36. The van der Waals surface area contributed by atoms with Gasteiger partial charge in [-0.3, -0.25) is 9.59 Å². The molecule has 1 aromatic heterocycles. The molecule has 0 aliphatic heterocycles. The molecule has 2 aromatic rings. The molecule has 0 saturated heterocycles. The van der Waals surface area contributed by atoms with E-state index in [1.54, 1.807) is 25.3 Å². The lowest BCUT2D eigenvalue weighted by Crippen LogP contribution is -2.27. The van der Waals surface area contributed by atoms with E-state index in [2.05, 4.69) is 15.6 Å². The topological polar surface area (TPSA) is 80.3 Å². The van der Waals surface area contributed by atoms with Crippen molar-refractivity contribution in [1.82, 2.24) is 10.3 Å². The molecule has 2 N–H and O–H groups in total. The van der Waals surface area contributed by atoms with Gasteiger partial charge in [0.05, 0.1) is 17.3 Å². The van der Waals surface area contributed by atoms with Crippen molar-refractivity contribution < 1.29 is 14.3 Å². The first-order valence-electron chi connectivity index (χ1n) is 7.56. The quantitative estimate of drug-likeness (QED) is 0.787. The van der Waals surface area contributed by atoms with Gasteiger partial charge in [-0.2, -0.15) is 0 Å². The number of aryl methyl sites for hydroxylation is 2. The molecule has 2 amide bonds. The Morgan fingerprint density at radius 1 is 1.21 bits per heavy atom. The average molecular weight is 347 g/mol. The molecule has 0 radical (unpaired) electrons. The van der Waals surface area contributed by atoms with E-state index in [-0.39, 0.29) is 11.8 Å². The Kier molecular flexibility index (Phi) is 6.05. The van der Waals surface area contributed by atoms with Crippen LogP contribution in [0.15, 0.2) is 18.2 Å². The summed E-state index contributed by atoms with van der Waals surface area (Å²) in [6.45, 7) is 6.37. The van der Waals surface area contributed by atoms with E-state index in [4.69, 9.17) is 4.74 Å². The third-order valence-corrected chi connectivity index (χ3v) is 4.60. The molecule has 0 bridgehead atoms. The number of hydrogen-bond acceptors (Lipinski definition) is 5. The lowest BCUT2D eigenvalue weighted by atomic mass is 10.1. The van der Waals surface area contributed by atoms with Crippen molar-refractivity contribution in [2.24, 2.45) is 0 Å². The lowest BCUT2D eigenvalue weighted by Gasteiger charge is -2.12. The summed E-state index contributed by atoms with van der Waals surface area (Å²) in [6, 6.07) is 5.26. The normalized spacial score (nSPS) is 10.5. The zero-order chi connectivity index (χ0) is 17.7. The van der Waals surface area contributed by atoms with E-state index in [1.807, 2.05) is 20.8 Å². The molecule has 1 aromatic carbocycles. The van der Waals surface area contributed by atoms with Gasteiger partial charge in [0.25, 0.3) is 11.8 Å². The van der Waals surface area contributed by atoms with Crippen molar-refractivity contribution in [3.8, 4) is 0 Å². The van der Waals surface area contributed by atoms with Crippen LogP contribution in [0.1, 0.15) is 36.3 Å². The summed E-state index contributed by atoms with van der Waals surface area (Å²) in [6.07, 6.45) is 0. The lowest BCUT2D eigenvalue weighted by molar-refractivity contribution is 0.0935. The Balaban J connectivity index is 2.17. The van der Waals surface area contributed by atoms with Gasteiger partial charge in [-0.05, 0) is 38.5 Å². The second-order valence-corrected chi connectivity index (χ2v) is 6.53. The molecule has 7 heteroatoms. The second-order valence-electron chi connectivity index (χ2n) is 5.33. The van der Waals surface area contributed by atoms with E-state index >= 15 is 0 Å². The predicted molar refractivity (Wildman–Crippen MR) is 94.9 cm³/mol. The molecular weight excluding hydrogens is 326 g/mol. The van der Waals surface area contributed by atoms with Crippen molar-refractivity contribution in [3.05, 3.63) is 44.9 Å². The Bertz CT molecular complexity index is 756. The number of hydrogen-bond donors (Lipinski definition) is 2. The Morgan fingerprint density at radius 3 is 2.58 bits per heavy atom. The first-order chi connectivity index (χ1) is 11.4. The summed E-state index contributed by atoms with van der Waals surface area (Å²) in [5.74, 6) is -0.399. The highest BCUT2D eigenvalue weighted by Crippen LogP contribution is 2.22. The minimum atomic E-state index is -0.210. The van der Waals surface area contributed by atoms with Gasteiger partial charge in [-0.25, -0.2) is 4.98 Å². The minimum Gasteiger partial charge on any atom is -0.383 e. The van der Waals surface area contributed by atoms with Crippen molar-refractivity contribution in [2.45, 2.75) is 20.8 Å². The molecule has 0 atom stereocenters. The molecule has 24 heavy (non-hydrogen) atoms. The molecule has 0 spiro atoms. The van der Waals surface area contributed by atoms with E-state index < -0.39 is 0 Å². The van der Waals surface area contributed by atoms with Crippen LogP contribution in [0.2, 0.25) is 0 Å². The zero-order valence-electron chi connectivity index (χ0n) is 14.2. The second kappa shape index (κ2) is 8.03. The number of amides is 2. The standard InChI is InChI=1S/C17H21N3O3S/c1-10-13(16(21)18-8-9-23-4)6-5-7-14(10)20-17(22)15-11(2)19-12(3)24-15/h5-7H,8-9H2,1-4H3,(H,18,21)(H,20,22). The molecule has 0 aliphatic rings. The monoisotopic (exact) mass is 347 g/mol. The van der Waals surface area contributed by atoms with Crippen LogP contribution in [0.3, 0.4) is 0 Å². The highest BCUT2D eigenvalue weighted by molar-refractivity contribution is 7.13. The molecule has 0 saturated carbocycles. The van der Waals surface area contributed by atoms with Crippen LogP contribution >= 0.6 is 11.3 Å². The van der Waals surface area contributed by atoms with Crippen LogP contribution in [0.25, 0.3) is 0 Å². The maximum absolute atomic E-state index is 12.4. The third-order valence-electron chi connectivity index (χ3n) is 3.53. The van der Waals surface area contributed by atoms with Crippen LogP contribution in [0.4, 0.5) is 5.69 Å². The smallest absolute Gasteiger partial charge is 0.267 e. The maximum atomic E-state index is 12.4. The number of ether oxygens (including phenoxy) is 1. The summed E-state index contributed by atoms with van der Waals surface area (Å²) in [7, 11) is 1.58. The Labute approximate surface area is 145 Å².